The Morgan fingerprint density at radius 2 is 1.84 bits per heavy atom. The van der Waals surface area contributed by atoms with E-state index in [0.717, 1.165) is 38.3 Å². The van der Waals surface area contributed by atoms with Crippen LogP contribution in [0, 0.1) is 0 Å². The van der Waals surface area contributed by atoms with E-state index in [1.54, 1.807) is 10.9 Å². The van der Waals surface area contributed by atoms with E-state index in [-0.39, 0.29) is 11.4 Å². The SMILES string of the molecule is CN1CC(=O)N(c2cnn(C)c2)C[C@]12CCN(Cc1cnn(C)c1)C2. The third-order valence-electron chi connectivity index (χ3n) is 5.51. The molecule has 2 fully saturated rings. The van der Waals surface area contributed by atoms with Crippen molar-refractivity contribution in [1.82, 2.24) is 29.4 Å². The number of anilines is 1. The first-order valence-electron chi connectivity index (χ1n) is 8.65. The summed E-state index contributed by atoms with van der Waals surface area (Å²) in [5.74, 6) is 0.145. The minimum absolute atomic E-state index is 0.00591. The summed E-state index contributed by atoms with van der Waals surface area (Å²) in [7, 11) is 5.90. The van der Waals surface area contributed by atoms with E-state index in [1.807, 2.05) is 36.1 Å². The molecule has 25 heavy (non-hydrogen) atoms. The van der Waals surface area contributed by atoms with Crippen molar-refractivity contribution >= 4 is 11.6 Å². The molecule has 4 rings (SSSR count). The molecule has 1 amide bonds. The molecule has 0 aliphatic carbocycles. The molecule has 0 aromatic carbocycles. The highest BCUT2D eigenvalue weighted by Gasteiger charge is 2.47. The zero-order chi connectivity index (χ0) is 17.6. The van der Waals surface area contributed by atoms with Gasteiger partial charge in [0.1, 0.15) is 0 Å². The number of hydrogen-bond donors (Lipinski definition) is 0. The molecule has 1 atom stereocenters. The number of nitrogens with zero attached hydrogens (tertiary/aromatic N) is 7. The van der Waals surface area contributed by atoms with Gasteiger partial charge in [0.2, 0.25) is 5.91 Å². The number of aryl methyl sites for hydroxylation is 2. The van der Waals surface area contributed by atoms with Crippen LogP contribution in [-0.4, -0.2) is 74.0 Å². The van der Waals surface area contributed by atoms with Crippen molar-refractivity contribution in [2.24, 2.45) is 14.1 Å². The lowest BCUT2D eigenvalue weighted by Crippen LogP contribution is -2.64. The molecule has 8 heteroatoms. The number of amides is 1. The first kappa shape index (κ1) is 16.3. The molecule has 8 nitrogen and oxygen atoms in total. The van der Waals surface area contributed by atoms with Gasteiger partial charge in [-0.3, -0.25) is 24.0 Å². The minimum atomic E-state index is 0.00591. The summed E-state index contributed by atoms with van der Waals surface area (Å²) in [6.07, 6.45) is 8.76. The van der Waals surface area contributed by atoms with E-state index < -0.39 is 0 Å². The smallest absolute Gasteiger partial charge is 0.241 e. The van der Waals surface area contributed by atoms with Gasteiger partial charge < -0.3 is 4.90 Å². The van der Waals surface area contributed by atoms with E-state index in [9.17, 15) is 4.79 Å². The van der Waals surface area contributed by atoms with Gasteiger partial charge in [0.05, 0.1) is 30.2 Å². The Hall–Kier alpha value is -2.19. The molecule has 2 aromatic rings. The molecule has 0 bridgehead atoms. The second kappa shape index (κ2) is 5.96. The highest BCUT2D eigenvalue weighted by molar-refractivity contribution is 5.95. The summed E-state index contributed by atoms with van der Waals surface area (Å²) in [4.78, 5) is 19.2. The van der Waals surface area contributed by atoms with Crippen LogP contribution in [0.5, 0.6) is 0 Å². The number of carbonyl (C=O) groups is 1. The number of rotatable bonds is 3. The van der Waals surface area contributed by atoms with Crippen molar-refractivity contribution in [3.8, 4) is 0 Å². The second-order valence-electron chi connectivity index (χ2n) is 7.42. The number of carbonyl (C=O) groups excluding carboxylic acids is 1. The summed E-state index contributed by atoms with van der Waals surface area (Å²) in [6, 6.07) is 0. The van der Waals surface area contributed by atoms with E-state index >= 15 is 0 Å². The maximum Gasteiger partial charge on any atom is 0.241 e. The largest absolute Gasteiger partial charge is 0.306 e. The number of piperazine rings is 1. The lowest BCUT2D eigenvalue weighted by Gasteiger charge is -2.46. The average Bonchev–Trinajstić information content (AvgIpc) is 3.26. The quantitative estimate of drug-likeness (QED) is 0.790. The average molecular weight is 343 g/mol. The van der Waals surface area contributed by atoms with Gasteiger partial charge in [-0.05, 0) is 13.5 Å². The van der Waals surface area contributed by atoms with Crippen LogP contribution in [0.25, 0.3) is 0 Å². The number of hydrogen-bond acceptors (Lipinski definition) is 5. The van der Waals surface area contributed by atoms with Crippen LogP contribution in [0.4, 0.5) is 5.69 Å². The maximum atomic E-state index is 12.6. The Morgan fingerprint density at radius 3 is 2.52 bits per heavy atom. The Kier molecular flexibility index (Phi) is 3.88. The molecule has 2 aromatic heterocycles. The van der Waals surface area contributed by atoms with E-state index in [4.69, 9.17) is 0 Å². The lowest BCUT2D eigenvalue weighted by atomic mass is 9.93. The molecule has 2 aliphatic heterocycles. The molecule has 0 N–H and O–H groups in total. The van der Waals surface area contributed by atoms with Crippen LogP contribution < -0.4 is 4.90 Å². The molecule has 134 valence electrons. The van der Waals surface area contributed by atoms with E-state index in [1.165, 1.54) is 5.56 Å². The summed E-state index contributed by atoms with van der Waals surface area (Å²) in [5, 5.41) is 8.48. The zero-order valence-corrected chi connectivity index (χ0v) is 15.1. The molecular formula is C17H25N7O. The first-order chi connectivity index (χ1) is 11.9. The number of aromatic nitrogens is 4. The van der Waals surface area contributed by atoms with Gasteiger partial charge in [0, 0.05) is 58.2 Å². The fourth-order valence-electron chi connectivity index (χ4n) is 4.07. The van der Waals surface area contributed by atoms with Crippen molar-refractivity contribution in [3.63, 3.8) is 0 Å². The van der Waals surface area contributed by atoms with Gasteiger partial charge in [-0.25, -0.2) is 0 Å². The van der Waals surface area contributed by atoms with E-state index in [2.05, 4.69) is 33.2 Å². The van der Waals surface area contributed by atoms with Gasteiger partial charge >= 0.3 is 0 Å². The third kappa shape index (κ3) is 2.96. The van der Waals surface area contributed by atoms with Crippen LogP contribution >= 0.6 is 0 Å². The minimum Gasteiger partial charge on any atom is -0.306 e. The van der Waals surface area contributed by atoms with E-state index in [0.29, 0.717) is 6.54 Å². The normalized spacial score (nSPS) is 25.4. The van der Waals surface area contributed by atoms with Crippen LogP contribution in [0.2, 0.25) is 0 Å². The molecule has 2 saturated heterocycles. The van der Waals surface area contributed by atoms with Gasteiger partial charge in [0.25, 0.3) is 0 Å². The van der Waals surface area contributed by atoms with Crippen molar-refractivity contribution in [3.05, 3.63) is 30.4 Å². The van der Waals surface area contributed by atoms with Crippen molar-refractivity contribution in [1.29, 1.82) is 0 Å². The standard InChI is InChI=1S/C17H25N7O/c1-20-11-16(25)24(15-7-19-22(3)10-15)13-17(20)4-5-23(12-17)9-14-6-18-21(2)8-14/h6-8,10H,4-5,9,11-13H2,1-3H3/t17-/m1/s1. The van der Waals surface area contributed by atoms with Gasteiger partial charge in [-0.2, -0.15) is 10.2 Å². The van der Waals surface area contributed by atoms with Crippen LogP contribution in [0.3, 0.4) is 0 Å². The van der Waals surface area contributed by atoms with Gasteiger partial charge in [-0.1, -0.05) is 0 Å². The number of likely N-dealkylation sites (tertiary alicyclic amines) is 1. The molecule has 4 heterocycles. The fraction of sp³-hybridized carbons (Fsp3) is 0.588. The third-order valence-corrected chi connectivity index (χ3v) is 5.51. The van der Waals surface area contributed by atoms with Crippen molar-refractivity contribution in [2.75, 3.05) is 38.1 Å². The fourth-order valence-corrected chi connectivity index (χ4v) is 4.07. The lowest BCUT2D eigenvalue weighted by molar-refractivity contribution is -0.123. The highest BCUT2D eigenvalue weighted by atomic mass is 16.2. The number of likely N-dealkylation sites (N-methyl/N-ethyl adjacent to an activating group) is 1. The second-order valence-corrected chi connectivity index (χ2v) is 7.42. The Labute approximate surface area is 147 Å². The molecule has 0 unspecified atom stereocenters. The molecule has 0 radical (unpaired) electrons. The first-order valence-corrected chi connectivity index (χ1v) is 8.65. The summed E-state index contributed by atoms with van der Waals surface area (Å²) < 4.78 is 3.59. The van der Waals surface area contributed by atoms with Gasteiger partial charge in [0.15, 0.2) is 0 Å². The maximum absolute atomic E-state index is 12.6. The highest BCUT2D eigenvalue weighted by Crippen LogP contribution is 2.33. The molecule has 2 aliphatic rings. The van der Waals surface area contributed by atoms with Crippen LogP contribution in [-0.2, 0) is 25.4 Å². The summed E-state index contributed by atoms with van der Waals surface area (Å²) in [6.45, 7) is 4.08. The molecule has 1 spiro atoms. The summed E-state index contributed by atoms with van der Waals surface area (Å²) in [5.41, 5.74) is 2.13. The van der Waals surface area contributed by atoms with Gasteiger partial charge in [-0.15, -0.1) is 0 Å². The Bertz CT molecular complexity index is 782. The van der Waals surface area contributed by atoms with Crippen LogP contribution in [0.1, 0.15) is 12.0 Å². The van der Waals surface area contributed by atoms with Crippen LogP contribution in [0.15, 0.2) is 24.8 Å². The topological polar surface area (TPSA) is 62.4 Å². The van der Waals surface area contributed by atoms with Crippen molar-refractivity contribution < 1.29 is 4.79 Å². The summed E-state index contributed by atoms with van der Waals surface area (Å²) >= 11 is 0. The zero-order valence-electron chi connectivity index (χ0n) is 15.1. The van der Waals surface area contributed by atoms with Crippen molar-refractivity contribution in [2.45, 2.75) is 18.5 Å². The Morgan fingerprint density at radius 1 is 1.08 bits per heavy atom. The molecular weight excluding hydrogens is 318 g/mol. The molecule has 0 saturated carbocycles. The monoisotopic (exact) mass is 343 g/mol. The predicted octanol–water partition coefficient (Wildman–Crippen LogP) is 0.0767. The predicted molar refractivity (Wildman–Crippen MR) is 94.0 cm³/mol. The Balaban J connectivity index is 1.51.